The van der Waals surface area contributed by atoms with Crippen molar-refractivity contribution in [2.75, 3.05) is 13.6 Å². The van der Waals surface area contributed by atoms with Gasteiger partial charge in [0.1, 0.15) is 0 Å². The molecule has 1 rings (SSSR count). The van der Waals surface area contributed by atoms with Crippen LogP contribution in [0.1, 0.15) is 71.6 Å². The van der Waals surface area contributed by atoms with Crippen molar-refractivity contribution in [1.29, 1.82) is 0 Å². The van der Waals surface area contributed by atoms with Gasteiger partial charge in [-0.1, -0.05) is 52.4 Å². The lowest BCUT2D eigenvalue weighted by Crippen LogP contribution is -2.34. The van der Waals surface area contributed by atoms with Crippen LogP contribution in [0, 0.1) is 11.3 Å². The molecule has 0 spiro atoms. The summed E-state index contributed by atoms with van der Waals surface area (Å²) in [6, 6.07) is 0. The monoisotopic (exact) mass is 225 g/mol. The first-order chi connectivity index (χ1) is 7.76. The molecule has 0 aliphatic heterocycles. The molecule has 0 saturated heterocycles. The molecule has 0 heterocycles. The Balaban J connectivity index is 2.51. The summed E-state index contributed by atoms with van der Waals surface area (Å²) in [6.07, 6.45) is 13.0. The second-order valence-corrected chi connectivity index (χ2v) is 5.84. The van der Waals surface area contributed by atoms with Gasteiger partial charge in [-0.3, -0.25) is 0 Å². The average Bonchev–Trinajstić information content (AvgIpc) is 2.79. The van der Waals surface area contributed by atoms with Gasteiger partial charge in [0, 0.05) is 6.54 Å². The normalized spacial score (nSPS) is 21.2. The molecule has 1 aliphatic rings. The van der Waals surface area contributed by atoms with Crippen LogP contribution >= 0.6 is 0 Å². The molecule has 1 N–H and O–H groups in total. The quantitative estimate of drug-likeness (QED) is 0.646. The highest BCUT2D eigenvalue weighted by molar-refractivity contribution is 4.84. The van der Waals surface area contributed by atoms with Gasteiger partial charge in [-0.05, 0) is 37.6 Å². The number of nitrogens with one attached hydrogen (secondary N) is 1. The van der Waals surface area contributed by atoms with E-state index in [1.54, 1.807) is 0 Å². The molecule has 0 aromatic carbocycles. The van der Waals surface area contributed by atoms with Gasteiger partial charge in [-0.2, -0.15) is 0 Å². The SMILES string of the molecule is CCCCC(CC)(CNC)CC1CCCC1. The Morgan fingerprint density at radius 1 is 1.19 bits per heavy atom. The van der Waals surface area contributed by atoms with Crippen molar-refractivity contribution in [3.05, 3.63) is 0 Å². The van der Waals surface area contributed by atoms with Gasteiger partial charge in [0.05, 0.1) is 0 Å². The summed E-state index contributed by atoms with van der Waals surface area (Å²) in [7, 11) is 2.12. The summed E-state index contributed by atoms with van der Waals surface area (Å²) in [5.74, 6) is 1.03. The molecule has 1 aliphatic carbocycles. The summed E-state index contributed by atoms with van der Waals surface area (Å²) in [4.78, 5) is 0. The highest BCUT2D eigenvalue weighted by Gasteiger charge is 2.31. The Hall–Kier alpha value is -0.0400. The lowest BCUT2D eigenvalue weighted by molar-refractivity contribution is 0.179. The fourth-order valence-electron chi connectivity index (χ4n) is 3.46. The second kappa shape index (κ2) is 7.32. The fourth-order valence-corrected chi connectivity index (χ4v) is 3.46. The van der Waals surface area contributed by atoms with Crippen LogP contribution < -0.4 is 5.32 Å². The number of hydrogen-bond donors (Lipinski definition) is 1. The summed E-state index contributed by atoms with van der Waals surface area (Å²) >= 11 is 0. The molecular weight excluding hydrogens is 194 g/mol. The zero-order valence-electron chi connectivity index (χ0n) is 11.6. The molecule has 16 heavy (non-hydrogen) atoms. The predicted octanol–water partition coefficient (Wildman–Crippen LogP) is 4.37. The third kappa shape index (κ3) is 4.08. The molecule has 96 valence electrons. The summed E-state index contributed by atoms with van der Waals surface area (Å²) < 4.78 is 0. The topological polar surface area (TPSA) is 12.0 Å². The maximum Gasteiger partial charge on any atom is 0.000480 e. The molecule has 0 radical (unpaired) electrons. The highest BCUT2D eigenvalue weighted by Crippen LogP contribution is 2.40. The highest BCUT2D eigenvalue weighted by atomic mass is 14.8. The van der Waals surface area contributed by atoms with Crippen molar-refractivity contribution in [3.8, 4) is 0 Å². The minimum atomic E-state index is 0.597. The molecule has 1 fully saturated rings. The first-order valence-electron chi connectivity index (χ1n) is 7.41. The van der Waals surface area contributed by atoms with E-state index in [1.165, 1.54) is 64.3 Å². The Labute approximate surface area is 102 Å². The van der Waals surface area contributed by atoms with E-state index in [0.29, 0.717) is 5.41 Å². The number of unbranched alkanes of at least 4 members (excludes halogenated alkanes) is 1. The molecule has 1 heteroatoms. The third-order valence-electron chi connectivity index (χ3n) is 4.56. The van der Waals surface area contributed by atoms with Crippen molar-refractivity contribution in [2.45, 2.75) is 71.6 Å². The van der Waals surface area contributed by atoms with Crippen LogP contribution in [0.15, 0.2) is 0 Å². The van der Waals surface area contributed by atoms with Gasteiger partial charge in [-0.25, -0.2) is 0 Å². The Kier molecular flexibility index (Phi) is 6.41. The van der Waals surface area contributed by atoms with E-state index in [2.05, 4.69) is 26.2 Å². The molecular formula is C15H31N. The van der Waals surface area contributed by atoms with Gasteiger partial charge in [0.15, 0.2) is 0 Å². The van der Waals surface area contributed by atoms with Gasteiger partial charge >= 0.3 is 0 Å². The van der Waals surface area contributed by atoms with Gasteiger partial charge in [-0.15, -0.1) is 0 Å². The molecule has 0 aromatic rings. The Morgan fingerprint density at radius 2 is 1.88 bits per heavy atom. The van der Waals surface area contributed by atoms with Crippen LogP contribution in [0.25, 0.3) is 0 Å². The maximum absolute atomic E-state index is 3.44. The van der Waals surface area contributed by atoms with E-state index >= 15 is 0 Å². The van der Waals surface area contributed by atoms with Crippen molar-refractivity contribution in [2.24, 2.45) is 11.3 Å². The van der Waals surface area contributed by atoms with E-state index in [1.807, 2.05) is 0 Å². The van der Waals surface area contributed by atoms with Crippen LogP contribution in [0.5, 0.6) is 0 Å². The van der Waals surface area contributed by atoms with E-state index in [4.69, 9.17) is 0 Å². The fraction of sp³-hybridized carbons (Fsp3) is 1.00. The maximum atomic E-state index is 3.44. The standard InChI is InChI=1S/C15H31N/c1-4-6-11-15(5-2,13-16-3)12-14-9-7-8-10-14/h14,16H,4-13H2,1-3H3. The van der Waals surface area contributed by atoms with Crippen LogP contribution in [0.4, 0.5) is 0 Å². The summed E-state index contributed by atoms with van der Waals surface area (Å²) in [5, 5.41) is 3.44. The Morgan fingerprint density at radius 3 is 2.38 bits per heavy atom. The molecule has 1 saturated carbocycles. The largest absolute Gasteiger partial charge is 0.319 e. The molecule has 0 bridgehead atoms. The van der Waals surface area contributed by atoms with Crippen LogP contribution in [-0.4, -0.2) is 13.6 Å². The van der Waals surface area contributed by atoms with Gasteiger partial charge in [0.2, 0.25) is 0 Å². The van der Waals surface area contributed by atoms with Crippen LogP contribution in [-0.2, 0) is 0 Å². The summed E-state index contributed by atoms with van der Waals surface area (Å²) in [5.41, 5.74) is 0.597. The third-order valence-corrected chi connectivity index (χ3v) is 4.56. The number of rotatable bonds is 8. The summed E-state index contributed by atoms with van der Waals surface area (Å²) in [6.45, 7) is 5.93. The lowest BCUT2D eigenvalue weighted by Gasteiger charge is -2.35. The first-order valence-corrected chi connectivity index (χ1v) is 7.41. The minimum Gasteiger partial charge on any atom is -0.319 e. The predicted molar refractivity (Wildman–Crippen MR) is 72.8 cm³/mol. The van der Waals surface area contributed by atoms with Crippen molar-refractivity contribution in [1.82, 2.24) is 5.32 Å². The van der Waals surface area contributed by atoms with Gasteiger partial charge in [0.25, 0.3) is 0 Å². The van der Waals surface area contributed by atoms with Crippen molar-refractivity contribution in [3.63, 3.8) is 0 Å². The van der Waals surface area contributed by atoms with Gasteiger partial charge < -0.3 is 5.32 Å². The number of hydrogen-bond acceptors (Lipinski definition) is 1. The zero-order chi connectivity index (χ0) is 11.9. The molecule has 0 amide bonds. The van der Waals surface area contributed by atoms with Crippen LogP contribution in [0.2, 0.25) is 0 Å². The smallest absolute Gasteiger partial charge is 0.000480 e. The Bertz CT molecular complexity index is 172. The molecule has 0 aromatic heterocycles. The minimum absolute atomic E-state index is 0.597. The van der Waals surface area contributed by atoms with Crippen LogP contribution in [0.3, 0.4) is 0 Å². The molecule has 1 nitrogen and oxygen atoms in total. The van der Waals surface area contributed by atoms with E-state index in [9.17, 15) is 0 Å². The first kappa shape index (κ1) is 14.0. The van der Waals surface area contributed by atoms with E-state index in [0.717, 1.165) is 5.92 Å². The zero-order valence-corrected chi connectivity index (χ0v) is 11.6. The second-order valence-electron chi connectivity index (χ2n) is 5.84. The van der Waals surface area contributed by atoms with Crippen molar-refractivity contribution < 1.29 is 0 Å². The van der Waals surface area contributed by atoms with E-state index in [-0.39, 0.29) is 0 Å². The molecule has 1 atom stereocenters. The lowest BCUT2D eigenvalue weighted by atomic mass is 9.73. The molecule has 1 unspecified atom stereocenters. The van der Waals surface area contributed by atoms with Crippen molar-refractivity contribution >= 4 is 0 Å². The van der Waals surface area contributed by atoms with E-state index < -0.39 is 0 Å². The average molecular weight is 225 g/mol.